The smallest absolute Gasteiger partial charge is 0.254 e. The van der Waals surface area contributed by atoms with Gasteiger partial charge in [0.2, 0.25) is 0 Å². The van der Waals surface area contributed by atoms with Crippen LogP contribution in [0.3, 0.4) is 0 Å². The summed E-state index contributed by atoms with van der Waals surface area (Å²) in [4.78, 5) is 14.8. The normalized spacial score (nSPS) is 13.5. The van der Waals surface area contributed by atoms with Crippen LogP contribution in [0.15, 0.2) is 42.5 Å². The predicted octanol–water partition coefficient (Wildman–Crippen LogP) is 4.10. The highest BCUT2D eigenvalue weighted by atomic mass is 16.5. The Morgan fingerprint density at radius 2 is 2.04 bits per heavy atom. The molecule has 0 saturated carbocycles. The largest absolute Gasteiger partial charge is 0.494 e. The average Bonchev–Trinajstić information content (AvgIpc) is 2.60. The van der Waals surface area contributed by atoms with E-state index in [9.17, 15) is 4.79 Å². The third-order valence-electron chi connectivity index (χ3n) is 4.35. The van der Waals surface area contributed by atoms with E-state index in [2.05, 4.69) is 31.3 Å². The number of nitrogens with one attached hydrogen (secondary N) is 1. The number of anilines is 1. The van der Waals surface area contributed by atoms with Gasteiger partial charge in [0.1, 0.15) is 5.75 Å². The van der Waals surface area contributed by atoms with Crippen molar-refractivity contribution in [2.75, 3.05) is 18.5 Å². The van der Waals surface area contributed by atoms with Crippen molar-refractivity contribution in [2.24, 2.45) is 0 Å². The van der Waals surface area contributed by atoms with E-state index in [1.165, 1.54) is 11.1 Å². The summed E-state index contributed by atoms with van der Waals surface area (Å²) in [6.45, 7) is 8.20. The molecule has 3 rings (SSSR count). The van der Waals surface area contributed by atoms with Gasteiger partial charge in [0.15, 0.2) is 0 Å². The maximum atomic E-state index is 12.9. The van der Waals surface area contributed by atoms with Gasteiger partial charge in [-0.05, 0) is 68.7 Å². The maximum absolute atomic E-state index is 12.9. The Kier molecular flexibility index (Phi) is 5.27. The first kappa shape index (κ1) is 17.3. The second kappa shape index (κ2) is 7.60. The molecule has 25 heavy (non-hydrogen) atoms. The van der Waals surface area contributed by atoms with Gasteiger partial charge in [0, 0.05) is 30.4 Å². The van der Waals surface area contributed by atoms with E-state index >= 15 is 0 Å². The highest BCUT2D eigenvalue weighted by Crippen LogP contribution is 2.25. The second-order valence-corrected chi connectivity index (χ2v) is 6.72. The Balaban J connectivity index is 1.77. The zero-order valence-corrected chi connectivity index (χ0v) is 15.2. The molecule has 4 nitrogen and oxygen atoms in total. The lowest BCUT2D eigenvalue weighted by atomic mass is 9.98. The van der Waals surface area contributed by atoms with E-state index in [1.807, 2.05) is 42.2 Å². The van der Waals surface area contributed by atoms with Crippen LogP contribution in [-0.2, 0) is 13.0 Å². The van der Waals surface area contributed by atoms with Crippen LogP contribution in [0, 0.1) is 0 Å². The zero-order valence-electron chi connectivity index (χ0n) is 15.2. The molecule has 0 spiro atoms. The summed E-state index contributed by atoms with van der Waals surface area (Å²) < 4.78 is 5.59. The first-order valence-electron chi connectivity index (χ1n) is 8.97. The summed E-state index contributed by atoms with van der Waals surface area (Å²) in [5, 5.41) is 3.35. The van der Waals surface area contributed by atoms with E-state index in [4.69, 9.17) is 4.74 Å². The van der Waals surface area contributed by atoms with Gasteiger partial charge in [0.05, 0.1) is 6.61 Å². The Hall–Kier alpha value is -2.49. The molecule has 2 aromatic rings. The van der Waals surface area contributed by atoms with Gasteiger partial charge in [-0.3, -0.25) is 4.79 Å². The zero-order chi connectivity index (χ0) is 17.8. The molecule has 0 radical (unpaired) electrons. The molecule has 4 heteroatoms. The van der Waals surface area contributed by atoms with E-state index in [-0.39, 0.29) is 5.91 Å². The number of carbonyl (C=O) groups is 1. The molecular weight excluding hydrogens is 312 g/mol. The van der Waals surface area contributed by atoms with Crippen molar-refractivity contribution >= 4 is 11.6 Å². The van der Waals surface area contributed by atoms with Crippen LogP contribution >= 0.6 is 0 Å². The van der Waals surface area contributed by atoms with Gasteiger partial charge < -0.3 is 15.0 Å². The van der Waals surface area contributed by atoms with Gasteiger partial charge in [-0.1, -0.05) is 12.1 Å². The fourth-order valence-corrected chi connectivity index (χ4v) is 3.22. The number of fused-ring (bicyclic) bond motifs is 1. The number of hydrogen-bond donors (Lipinski definition) is 1. The first-order chi connectivity index (χ1) is 12.1. The Bertz CT molecular complexity index is 755. The van der Waals surface area contributed by atoms with Crippen LogP contribution < -0.4 is 10.1 Å². The number of hydrogen-bond acceptors (Lipinski definition) is 3. The highest BCUT2D eigenvalue weighted by Gasteiger charge is 2.22. The maximum Gasteiger partial charge on any atom is 0.254 e. The lowest BCUT2D eigenvalue weighted by Gasteiger charge is -2.29. The van der Waals surface area contributed by atoms with Crippen molar-refractivity contribution in [1.29, 1.82) is 0 Å². The molecule has 1 amide bonds. The molecule has 1 aliphatic rings. The summed E-state index contributed by atoms with van der Waals surface area (Å²) in [6.07, 6.45) is 0.886. The molecule has 0 fully saturated rings. The van der Waals surface area contributed by atoms with Crippen LogP contribution in [0.2, 0.25) is 0 Å². The molecule has 2 aromatic carbocycles. The van der Waals surface area contributed by atoms with Gasteiger partial charge >= 0.3 is 0 Å². The summed E-state index contributed by atoms with van der Waals surface area (Å²) in [7, 11) is 0. The van der Waals surface area contributed by atoms with Crippen LogP contribution in [-0.4, -0.2) is 30.0 Å². The van der Waals surface area contributed by atoms with Crippen LogP contribution in [0.25, 0.3) is 0 Å². The molecule has 0 aromatic heterocycles. The SMILES string of the molecule is CCOc1ccc2c(c1)CN(C(=O)c1cccc(NC(C)C)c1)CC2. The number of rotatable bonds is 5. The molecule has 0 aliphatic carbocycles. The molecule has 1 aliphatic heterocycles. The van der Waals surface area contributed by atoms with Gasteiger partial charge in [-0.2, -0.15) is 0 Å². The summed E-state index contributed by atoms with van der Waals surface area (Å²) in [5.74, 6) is 0.957. The molecular formula is C21H26N2O2. The fraction of sp³-hybridized carbons (Fsp3) is 0.381. The molecule has 0 saturated heterocycles. The minimum atomic E-state index is 0.0832. The second-order valence-electron chi connectivity index (χ2n) is 6.72. The quantitative estimate of drug-likeness (QED) is 0.892. The lowest BCUT2D eigenvalue weighted by molar-refractivity contribution is 0.0734. The van der Waals surface area contributed by atoms with E-state index in [0.29, 0.717) is 19.2 Å². The number of ether oxygens (including phenoxy) is 1. The average molecular weight is 338 g/mol. The minimum absolute atomic E-state index is 0.0832. The lowest BCUT2D eigenvalue weighted by Crippen LogP contribution is -2.36. The van der Waals surface area contributed by atoms with E-state index < -0.39 is 0 Å². The van der Waals surface area contributed by atoms with Crippen molar-refractivity contribution in [3.63, 3.8) is 0 Å². The third-order valence-corrected chi connectivity index (χ3v) is 4.35. The summed E-state index contributed by atoms with van der Waals surface area (Å²) in [5.41, 5.74) is 4.21. The number of carbonyl (C=O) groups excluding carboxylic acids is 1. The molecule has 1 heterocycles. The van der Waals surface area contributed by atoms with Crippen molar-refractivity contribution < 1.29 is 9.53 Å². The molecule has 132 valence electrons. The van der Waals surface area contributed by atoms with Crippen LogP contribution in [0.5, 0.6) is 5.75 Å². The fourth-order valence-electron chi connectivity index (χ4n) is 3.22. The van der Waals surface area contributed by atoms with E-state index in [0.717, 1.165) is 30.0 Å². The number of amides is 1. The standard InChI is InChI=1S/C21H26N2O2/c1-4-25-20-9-8-16-10-11-23(14-18(16)13-20)21(24)17-6-5-7-19(12-17)22-15(2)3/h5-9,12-13,15,22H,4,10-11,14H2,1-3H3. The molecule has 0 bridgehead atoms. The first-order valence-corrected chi connectivity index (χ1v) is 8.97. The van der Waals surface area contributed by atoms with Crippen LogP contribution in [0.1, 0.15) is 42.3 Å². The van der Waals surface area contributed by atoms with Gasteiger partial charge in [0.25, 0.3) is 5.91 Å². The highest BCUT2D eigenvalue weighted by molar-refractivity contribution is 5.95. The number of benzene rings is 2. The monoisotopic (exact) mass is 338 g/mol. The van der Waals surface area contributed by atoms with Crippen LogP contribution in [0.4, 0.5) is 5.69 Å². The summed E-state index contributed by atoms with van der Waals surface area (Å²) in [6, 6.07) is 14.3. The minimum Gasteiger partial charge on any atom is -0.494 e. The predicted molar refractivity (Wildman–Crippen MR) is 101 cm³/mol. The van der Waals surface area contributed by atoms with Crippen molar-refractivity contribution in [2.45, 2.75) is 39.8 Å². The van der Waals surface area contributed by atoms with Gasteiger partial charge in [-0.25, -0.2) is 0 Å². The van der Waals surface area contributed by atoms with Crippen molar-refractivity contribution in [3.8, 4) is 5.75 Å². The van der Waals surface area contributed by atoms with Crippen molar-refractivity contribution in [3.05, 3.63) is 59.2 Å². The Morgan fingerprint density at radius 1 is 1.20 bits per heavy atom. The van der Waals surface area contributed by atoms with Gasteiger partial charge in [-0.15, -0.1) is 0 Å². The van der Waals surface area contributed by atoms with E-state index in [1.54, 1.807) is 0 Å². The Morgan fingerprint density at radius 3 is 2.80 bits per heavy atom. The summed E-state index contributed by atoms with van der Waals surface area (Å²) >= 11 is 0. The molecule has 0 unspecified atom stereocenters. The number of nitrogens with zero attached hydrogens (tertiary/aromatic N) is 1. The van der Waals surface area contributed by atoms with Crippen molar-refractivity contribution in [1.82, 2.24) is 4.90 Å². The molecule has 0 atom stereocenters. The topological polar surface area (TPSA) is 41.6 Å². The molecule has 1 N–H and O–H groups in total. The third kappa shape index (κ3) is 4.13. The Labute approximate surface area is 149 Å².